The maximum absolute atomic E-state index is 12.3. The van der Waals surface area contributed by atoms with Crippen LogP contribution in [0, 0.1) is 0 Å². The van der Waals surface area contributed by atoms with Gasteiger partial charge in [-0.05, 0) is 41.6 Å². The highest BCUT2D eigenvalue weighted by molar-refractivity contribution is 7.90. The summed E-state index contributed by atoms with van der Waals surface area (Å²) >= 11 is 1.63. The highest BCUT2D eigenvalue weighted by Crippen LogP contribution is 2.22. The molecule has 1 atom stereocenters. The summed E-state index contributed by atoms with van der Waals surface area (Å²) in [7, 11) is -3.20. The lowest BCUT2D eigenvalue weighted by Crippen LogP contribution is -2.31. The normalized spacial score (nSPS) is 12.6. The molecule has 0 aliphatic heterocycles. The molecule has 1 unspecified atom stereocenters. The summed E-state index contributed by atoms with van der Waals surface area (Å²) in [5.74, 6) is -0.0455. The summed E-state index contributed by atoms with van der Waals surface area (Å²) in [6.07, 6.45) is 5.69. The number of carbonyl (C=O) groups excluding carboxylic acids is 1. The van der Waals surface area contributed by atoms with Crippen molar-refractivity contribution in [3.05, 3.63) is 70.7 Å². The minimum Gasteiger partial charge on any atom is -0.354 e. The lowest BCUT2D eigenvalue weighted by molar-refractivity contribution is -0.121. The van der Waals surface area contributed by atoms with Gasteiger partial charge >= 0.3 is 0 Å². The van der Waals surface area contributed by atoms with Crippen molar-refractivity contribution >= 4 is 27.1 Å². The minimum absolute atomic E-state index is 0.0296. The standard InChI is InChI=1S/C19H21N3O3S2/c1-27(24,25)16-8-5-15(6-9-16)7-10-19(23)20-14-17(18-4-2-13-26-18)22-12-3-11-21-22/h2-6,8-9,11-13,17H,7,10,14H2,1H3,(H,20,23). The summed E-state index contributed by atoms with van der Waals surface area (Å²) < 4.78 is 24.8. The number of amides is 1. The molecular formula is C19H21N3O3S2. The first-order valence-electron chi connectivity index (χ1n) is 8.52. The molecule has 0 saturated heterocycles. The molecule has 0 aliphatic rings. The minimum atomic E-state index is -3.20. The Kier molecular flexibility index (Phi) is 6.08. The first-order valence-corrected chi connectivity index (χ1v) is 11.3. The maximum atomic E-state index is 12.3. The summed E-state index contributed by atoms with van der Waals surface area (Å²) in [6.45, 7) is 0.466. The molecule has 8 heteroatoms. The molecule has 6 nitrogen and oxygen atoms in total. The summed E-state index contributed by atoms with van der Waals surface area (Å²) in [5.41, 5.74) is 0.930. The fourth-order valence-electron chi connectivity index (χ4n) is 2.73. The van der Waals surface area contributed by atoms with Gasteiger partial charge in [-0.15, -0.1) is 11.3 Å². The Hall–Kier alpha value is -2.45. The van der Waals surface area contributed by atoms with Gasteiger partial charge in [0, 0.05) is 36.5 Å². The van der Waals surface area contributed by atoms with E-state index in [0.717, 1.165) is 10.4 Å². The largest absolute Gasteiger partial charge is 0.354 e. The predicted octanol–water partition coefficient (Wildman–Crippen LogP) is 2.69. The summed E-state index contributed by atoms with van der Waals surface area (Å²) in [6, 6.07) is 12.5. The highest BCUT2D eigenvalue weighted by Gasteiger charge is 2.16. The van der Waals surface area contributed by atoms with E-state index in [1.54, 1.807) is 41.8 Å². The number of hydrogen-bond acceptors (Lipinski definition) is 5. The Labute approximate surface area is 162 Å². The first-order chi connectivity index (χ1) is 12.9. The van der Waals surface area contributed by atoms with Crippen molar-refractivity contribution in [2.45, 2.75) is 23.8 Å². The molecule has 0 fully saturated rings. The molecule has 1 N–H and O–H groups in total. The Morgan fingerprint density at radius 1 is 1.22 bits per heavy atom. The van der Waals surface area contributed by atoms with Gasteiger partial charge < -0.3 is 5.32 Å². The number of hydrogen-bond donors (Lipinski definition) is 1. The topological polar surface area (TPSA) is 81.1 Å². The number of thiophene rings is 1. The van der Waals surface area contributed by atoms with E-state index < -0.39 is 9.84 Å². The molecular weight excluding hydrogens is 382 g/mol. The molecule has 2 heterocycles. The van der Waals surface area contributed by atoms with E-state index in [9.17, 15) is 13.2 Å². The van der Waals surface area contributed by atoms with Gasteiger partial charge in [0.25, 0.3) is 0 Å². The zero-order valence-corrected chi connectivity index (χ0v) is 16.5. The van der Waals surface area contributed by atoms with Gasteiger partial charge in [0.1, 0.15) is 6.04 Å². The zero-order valence-electron chi connectivity index (χ0n) is 14.9. The average Bonchev–Trinajstić information content (AvgIpc) is 3.34. The van der Waals surface area contributed by atoms with Crippen LogP contribution in [0.2, 0.25) is 0 Å². The SMILES string of the molecule is CS(=O)(=O)c1ccc(CCC(=O)NCC(c2cccs2)n2cccn2)cc1. The van der Waals surface area contributed by atoms with Gasteiger partial charge in [-0.1, -0.05) is 18.2 Å². The van der Waals surface area contributed by atoms with E-state index in [-0.39, 0.29) is 16.8 Å². The van der Waals surface area contributed by atoms with Crippen molar-refractivity contribution in [1.29, 1.82) is 0 Å². The zero-order chi connectivity index (χ0) is 19.3. The molecule has 0 spiro atoms. The lowest BCUT2D eigenvalue weighted by Gasteiger charge is -2.17. The van der Waals surface area contributed by atoms with E-state index in [1.165, 1.54) is 6.26 Å². The molecule has 3 aromatic rings. The van der Waals surface area contributed by atoms with Crippen molar-refractivity contribution in [3.8, 4) is 0 Å². The number of nitrogens with one attached hydrogen (secondary N) is 1. The number of aromatic nitrogens is 2. The van der Waals surface area contributed by atoms with Crippen molar-refractivity contribution in [2.24, 2.45) is 0 Å². The number of rotatable bonds is 8. The predicted molar refractivity (Wildman–Crippen MR) is 106 cm³/mol. The molecule has 1 aromatic carbocycles. The second-order valence-corrected chi connectivity index (χ2v) is 9.23. The van der Waals surface area contributed by atoms with Crippen molar-refractivity contribution < 1.29 is 13.2 Å². The van der Waals surface area contributed by atoms with Crippen molar-refractivity contribution in [3.63, 3.8) is 0 Å². The van der Waals surface area contributed by atoms with Crippen LogP contribution in [0.3, 0.4) is 0 Å². The van der Waals surface area contributed by atoms with E-state index in [0.29, 0.717) is 19.4 Å². The number of carbonyl (C=O) groups is 1. The van der Waals surface area contributed by atoms with Gasteiger partial charge in [-0.3, -0.25) is 9.48 Å². The van der Waals surface area contributed by atoms with Crippen molar-refractivity contribution in [2.75, 3.05) is 12.8 Å². The van der Waals surface area contributed by atoms with Gasteiger partial charge in [-0.25, -0.2) is 8.42 Å². The quantitative estimate of drug-likeness (QED) is 0.627. The second-order valence-electron chi connectivity index (χ2n) is 6.24. The summed E-state index contributed by atoms with van der Waals surface area (Å²) in [5, 5.41) is 9.28. The van der Waals surface area contributed by atoms with Crippen molar-refractivity contribution in [1.82, 2.24) is 15.1 Å². The first kappa shape index (κ1) is 19.3. The van der Waals surface area contributed by atoms with Gasteiger partial charge in [0.15, 0.2) is 9.84 Å². The van der Waals surface area contributed by atoms with Crippen LogP contribution in [0.5, 0.6) is 0 Å². The number of nitrogens with zero attached hydrogens (tertiary/aromatic N) is 2. The van der Waals surface area contributed by atoms with Crippen LogP contribution < -0.4 is 5.32 Å². The van der Waals surface area contributed by atoms with Gasteiger partial charge in [-0.2, -0.15) is 5.10 Å². The molecule has 0 aliphatic carbocycles. The van der Waals surface area contributed by atoms with Crippen LogP contribution in [-0.4, -0.2) is 36.9 Å². The van der Waals surface area contributed by atoms with E-state index in [2.05, 4.69) is 10.4 Å². The third kappa shape index (κ3) is 5.27. The fourth-order valence-corrected chi connectivity index (χ4v) is 4.18. The van der Waals surface area contributed by atoms with Crippen LogP contribution in [0.15, 0.2) is 65.1 Å². The van der Waals surface area contributed by atoms with Crippen LogP contribution in [0.25, 0.3) is 0 Å². The second kappa shape index (κ2) is 8.49. The Morgan fingerprint density at radius 2 is 2.00 bits per heavy atom. The third-order valence-electron chi connectivity index (χ3n) is 4.20. The molecule has 1 amide bonds. The molecule has 27 heavy (non-hydrogen) atoms. The van der Waals surface area contributed by atoms with Crippen LogP contribution in [-0.2, 0) is 21.1 Å². The Morgan fingerprint density at radius 3 is 2.59 bits per heavy atom. The molecule has 0 bridgehead atoms. The summed E-state index contributed by atoms with van der Waals surface area (Å²) in [4.78, 5) is 13.7. The van der Waals surface area contributed by atoms with Gasteiger partial charge in [0.05, 0.1) is 4.90 Å². The lowest BCUT2D eigenvalue weighted by atomic mass is 10.1. The Bertz CT molecular complexity index is 930. The van der Waals surface area contributed by atoms with E-state index in [4.69, 9.17) is 0 Å². The highest BCUT2D eigenvalue weighted by atomic mass is 32.2. The number of aryl methyl sites for hydroxylation is 1. The number of benzene rings is 1. The third-order valence-corrected chi connectivity index (χ3v) is 6.30. The van der Waals surface area contributed by atoms with Crippen LogP contribution in [0.1, 0.15) is 22.9 Å². The average molecular weight is 404 g/mol. The molecule has 142 valence electrons. The van der Waals surface area contributed by atoms with Crippen LogP contribution in [0.4, 0.5) is 0 Å². The molecule has 0 saturated carbocycles. The van der Waals surface area contributed by atoms with E-state index >= 15 is 0 Å². The monoisotopic (exact) mass is 403 g/mol. The Balaban J connectivity index is 1.54. The smallest absolute Gasteiger partial charge is 0.220 e. The fraction of sp³-hybridized carbons (Fsp3) is 0.263. The van der Waals surface area contributed by atoms with Gasteiger partial charge in [0.2, 0.25) is 5.91 Å². The van der Waals surface area contributed by atoms with Crippen LogP contribution >= 0.6 is 11.3 Å². The molecule has 0 radical (unpaired) electrons. The number of sulfone groups is 1. The molecule has 3 rings (SSSR count). The van der Waals surface area contributed by atoms with E-state index in [1.807, 2.05) is 34.5 Å². The maximum Gasteiger partial charge on any atom is 0.220 e. The molecule has 2 aromatic heterocycles.